The zero-order valence-electron chi connectivity index (χ0n) is 10.9. The maximum Gasteiger partial charge on any atom is 0.189 e. The molecular weight excluding hydrogens is 254 g/mol. The van der Waals surface area contributed by atoms with E-state index in [1.807, 2.05) is 6.07 Å². The van der Waals surface area contributed by atoms with Gasteiger partial charge in [0, 0.05) is 5.56 Å². The zero-order valence-corrected chi connectivity index (χ0v) is 10.9. The Kier molecular flexibility index (Phi) is 1.73. The van der Waals surface area contributed by atoms with Crippen molar-refractivity contribution in [1.29, 1.82) is 0 Å². The Hall–Kier alpha value is -1.94. The van der Waals surface area contributed by atoms with Gasteiger partial charge in [0.25, 0.3) is 0 Å². The van der Waals surface area contributed by atoms with Gasteiger partial charge < -0.3 is 14.7 Å². The fourth-order valence-electron chi connectivity index (χ4n) is 4.78. The third-order valence-electron chi connectivity index (χ3n) is 5.47. The largest absolute Gasteiger partial charge is 0.508 e. The molecule has 1 aromatic rings. The van der Waals surface area contributed by atoms with Crippen molar-refractivity contribution in [2.75, 3.05) is 0 Å². The molecule has 1 spiro atoms. The molecule has 3 N–H and O–H groups in total. The van der Waals surface area contributed by atoms with Crippen LogP contribution in [0.15, 0.2) is 35.6 Å². The van der Waals surface area contributed by atoms with Crippen molar-refractivity contribution >= 4 is 0 Å². The lowest BCUT2D eigenvalue weighted by Crippen LogP contribution is -2.43. The molecule has 1 fully saturated rings. The van der Waals surface area contributed by atoms with Crippen LogP contribution in [0.5, 0.6) is 11.5 Å². The highest BCUT2D eigenvalue weighted by Crippen LogP contribution is 2.65. The molecule has 3 aliphatic carbocycles. The summed E-state index contributed by atoms with van der Waals surface area (Å²) >= 11 is 0. The molecule has 3 atom stereocenters. The van der Waals surface area contributed by atoms with Crippen molar-refractivity contribution in [3.05, 3.63) is 46.7 Å². The summed E-state index contributed by atoms with van der Waals surface area (Å²) < 4.78 is 6.09. The minimum absolute atomic E-state index is 0.180. The van der Waals surface area contributed by atoms with Crippen LogP contribution in [0.1, 0.15) is 24.0 Å². The van der Waals surface area contributed by atoms with Gasteiger partial charge in [-0.2, -0.15) is 5.90 Å². The highest BCUT2D eigenvalue weighted by atomic mass is 16.6. The van der Waals surface area contributed by atoms with Crippen molar-refractivity contribution in [2.45, 2.75) is 30.8 Å². The highest BCUT2D eigenvalue weighted by Gasteiger charge is 2.62. The van der Waals surface area contributed by atoms with Crippen molar-refractivity contribution in [1.82, 2.24) is 0 Å². The third-order valence-corrected chi connectivity index (χ3v) is 5.47. The summed E-state index contributed by atoms with van der Waals surface area (Å²) in [5, 5.41) is 10.3. The topological polar surface area (TPSA) is 64.7 Å². The summed E-state index contributed by atoms with van der Waals surface area (Å²) in [5.74, 6) is 7.54. The van der Waals surface area contributed by atoms with E-state index < -0.39 is 0 Å². The lowest BCUT2D eigenvalue weighted by atomic mass is 9.64. The molecule has 1 aliphatic heterocycles. The summed E-state index contributed by atoms with van der Waals surface area (Å²) in [4.78, 5) is 4.97. The first-order valence-corrected chi connectivity index (χ1v) is 7.06. The summed E-state index contributed by atoms with van der Waals surface area (Å²) in [7, 11) is 0. The van der Waals surface area contributed by atoms with E-state index in [1.165, 1.54) is 16.7 Å². The first-order valence-electron chi connectivity index (χ1n) is 7.06. The lowest BCUT2D eigenvalue weighted by Gasteiger charge is -2.38. The highest BCUT2D eigenvalue weighted by molar-refractivity contribution is 5.67. The van der Waals surface area contributed by atoms with Crippen LogP contribution in [0.2, 0.25) is 0 Å². The molecule has 4 aliphatic rings. The van der Waals surface area contributed by atoms with Crippen molar-refractivity contribution in [2.24, 2.45) is 11.8 Å². The lowest BCUT2D eigenvalue weighted by molar-refractivity contribution is 0.139. The number of nitrogens with two attached hydrogens (primary N) is 1. The van der Waals surface area contributed by atoms with Gasteiger partial charge in [-0.15, -0.1) is 0 Å². The first kappa shape index (κ1) is 10.8. The number of rotatable bonds is 1. The predicted octanol–water partition coefficient (Wildman–Crippen LogP) is 2.29. The Labute approximate surface area is 116 Å². The van der Waals surface area contributed by atoms with Crippen LogP contribution >= 0.6 is 0 Å². The van der Waals surface area contributed by atoms with Gasteiger partial charge in [-0.3, -0.25) is 0 Å². The molecule has 0 radical (unpaired) electrons. The Morgan fingerprint density at radius 3 is 3.10 bits per heavy atom. The number of ether oxygens (including phenoxy) is 1. The summed E-state index contributed by atoms with van der Waals surface area (Å²) in [6.45, 7) is 0. The van der Waals surface area contributed by atoms with Gasteiger partial charge in [-0.25, -0.2) is 0 Å². The van der Waals surface area contributed by atoms with Gasteiger partial charge >= 0.3 is 0 Å². The van der Waals surface area contributed by atoms with Crippen molar-refractivity contribution < 1.29 is 14.7 Å². The third kappa shape index (κ3) is 0.946. The average Bonchev–Trinajstić information content (AvgIpc) is 2.95. The molecule has 5 rings (SSSR count). The van der Waals surface area contributed by atoms with Gasteiger partial charge in [-0.05, 0) is 42.9 Å². The van der Waals surface area contributed by atoms with E-state index in [-0.39, 0.29) is 11.5 Å². The molecule has 1 aromatic carbocycles. The van der Waals surface area contributed by atoms with Crippen LogP contribution in [-0.2, 0) is 11.8 Å². The van der Waals surface area contributed by atoms with Crippen LogP contribution < -0.4 is 15.5 Å². The molecule has 4 nitrogen and oxygen atoms in total. The van der Waals surface area contributed by atoms with E-state index in [4.69, 9.17) is 15.5 Å². The number of allylic oxidation sites excluding steroid dienone is 2. The average molecular weight is 269 g/mol. The smallest absolute Gasteiger partial charge is 0.189 e. The summed E-state index contributed by atoms with van der Waals surface area (Å²) in [5.41, 5.74) is 3.75. The number of hydrogen-bond donors (Lipinski definition) is 2. The molecule has 0 saturated heterocycles. The van der Waals surface area contributed by atoms with E-state index in [0.29, 0.717) is 17.4 Å². The summed E-state index contributed by atoms with van der Waals surface area (Å²) in [6, 6.07) is 3.97. The standard InChI is InChI=1S/C16H15NO3/c17-20-12-4-1-9-7-8-5-6-16-10(8)2-3-11(18)15(16)19-14(12)13(9)16/h1-4,8,15,18H,5-7,17H2/t8-,15+,16+/m1/s1. The second-order valence-electron chi connectivity index (χ2n) is 6.17. The van der Waals surface area contributed by atoms with E-state index in [1.54, 1.807) is 6.08 Å². The van der Waals surface area contributed by atoms with Gasteiger partial charge in [-0.1, -0.05) is 17.7 Å². The maximum absolute atomic E-state index is 10.3. The first-order chi connectivity index (χ1) is 9.75. The number of aliphatic hydroxyl groups excluding tert-OH is 1. The van der Waals surface area contributed by atoms with Crippen LogP contribution in [-0.4, -0.2) is 11.2 Å². The van der Waals surface area contributed by atoms with E-state index in [0.717, 1.165) is 25.0 Å². The normalized spacial score (nSPS) is 35.0. The fraction of sp³-hybridized carbons (Fsp3) is 0.375. The van der Waals surface area contributed by atoms with Crippen LogP contribution in [0.3, 0.4) is 0 Å². The molecule has 102 valence electrons. The molecule has 20 heavy (non-hydrogen) atoms. The Balaban J connectivity index is 1.89. The Morgan fingerprint density at radius 1 is 1.35 bits per heavy atom. The molecule has 0 unspecified atom stereocenters. The predicted molar refractivity (Wildman–Crippen MR) is 72.6 cm³/mol. The molecule has 1 heterocycles. The number of benzene rings is 1. The van der Waals surface area contributed by atoms with Crippen LogP contribution in [0.25, 0.3) is 0 Å². The van der Waals surface area contributed by atoms with Gasteiger partial charge in [0.1, 0.15) is 5.76 Å². The second kappa shape index (κ2) is 3.20. The maximum atomic E-state index is 10.3. The van der Waals surface area contributed by atoms with Crippen molar-refractivity contribution in [3.8, 4) is 11.5 Å². The molecule has 0 aromatic heterocycles. The second-order valence-corrected chi connectivity index (χ2v) is 6.17. The minimum Gasteiger partial charge on any atom is -0.508 e. The van der Waals surface area contributed by atoms with Gasteiger partial charge in [0.2, 0.25) is 0 Å². The molecular formula is C16H15NO3. The SMILES string of the molecule is NOc1ccc2c3c1O[C@H]1C(O)=CC=C4[C@H](CC[C@]431)C2. The van der Waals surface area contributed by atoms with Gasteiger partial charge in [0.05, 0.1) is 5.41 Å². The number of aliphatic hydroxyl groups is 1. The van der Waals surface area contributed by atoms with Crippen LogP contribution in [0, 0.1) is 5.92 Å². The molecule has 1 saturated carbocycles. The van der Waals surface area contributed by atoms with E-state index in [9.17, 15) is 5.11 Å². The molecule has 4 heteroatoms. The summed E-state index contributed by atoms with van der Waals surface area (Å²) in [6.07, 6.45) is 6.81. The van der Waals surface area contributed by atoms with Gasteiger partial charge in [0.15, 0.2) is 17.6 Å². The monoisotopic (exact) mass is 269 g/mol. The fourth-order valence-corrected chi connectivity index (χ4v) is 4.78. The molecule has 0 amide bonds. The van der Waals surface area contributed by atoms with E-state index in [2.05, 4.69) is 12.1 Å². The Morgan fingerprint density at radius 2 is 2.25 bits per heavy atom. The van der Waals surface area contributed by atoms with Crippen molar-refractivity contribution in [3.63, 3.8) is 0 Å². The Bertz CT molecular complexity index is 706. The quantitative estimate of drug-likeness (QED) is 0.768. The number of hydrogen-bond acceptors (Lipinski definition) is 4. The minimum atomic E-state index is -0.308. The zero-order chi connectivity index (χ0) is 13.5. The van der Waals surface area contributed by atoms with Crippen LogP contribution in [0.4, 0.5) is 0 Å². The molecule has 2 bridgehead atoms. The van der Waals surface area contributed by atoms with E-state index >= 15 is 0 Å².